The van der Waals surface area contributed by atoms with Crippen LogP contribution in [0.25, 0.3) is 0 Å². The summed E-state index contributed by atoms with van der Waals surface area (Å²) in [6.07, 6.45) is 0.964. The number of rotatable bonds is 4. The number of benzene rings is 1. The van der Waals surface area contributed by atoms with E-state index in [-0.39, 0.29) is 12.5 Å². The summed E-state index contributed by atoms with van der Waals surface area (Å²) in [4.78, 5) is 13.7. The molecular formula is C13H16Cl2N2O2. The van der Waals surface area contributed by atoms with Crippen LogP contribution in [0.2, 0.25) is 10.0 Å². The molecule has 0 spiro atoms. The maximum absolute atomic E-state index is 11.9. The van der Waals surface area contributed by atoms with Gasteiger partial charge in [-0.2, -0.15) is 0 Å². The molecule has 104 valence electrons. The van der Waals surface area contributed by atoms with Gasteiger partial charge in [0.05, 0.1) is 0 Å². The van der Waals surface area contributed by atoms with Crippen LogP contribution in [-0.2, 0) is 4.79 Å². The van der Waals surface area contributed by atoms with Crippen LogP contribution in [0.3, 0.4) is 0 Å². The van der Waals surface area contributed by atoms with Gasteiger partial charge in [0, 0.05) is 23.1 Å². The maximum atomic E-state index is 11.9. The quantitative estimate of drug-likeness (QED) is 0.927. The van der Waals surface area contributed by atoms with E-state index in [2.05, 4.69) is 0 Å². The van der Waals surface area contributed by atoms with Gasteiger partial charge in [0.2, 0.25) is 0 Å². The van der Waals surface area contributed by atoms with Crippen molar-refractivity contribution in [1.82, 2.24) is 4.90 Å². The molecule has 2 rings (SSSR count). The molecule has 1 aromatic rings. The molecule has 0 saturated carbocycles. The third kappa shape index (κ3) is 4.00. The molecule has 0 aromatic heterocycles. The average Bonchev–Trinajstić information content (AvgIpc) is 2.83. The van der Waals surface area contributed by atoms with Crippen molar-refractivity contribution >= 4 is 29.1 Å². The van der Waals surface area contributed by atoms with E-state index in [1.165, 1.54) is 0 Å². The van der Waals surface area contributed by atoms with Crippen LogP contribution in [0.4, 0.5) is 0 Å². The number of nitrogens with zero attached hydrogens (tertiary/aromatic N) is 1. The van der Waals surface area contributed by atoms with E-state index in [0.29, 0.717) is 28.3 Å². The predicted octanol–water partition coefficient (Wildman–Crippen LogP) is 2.18. The molecule has 0 aliphatic carbocycles. The van der Waals surface area contributed by atoms with Crippen LogP contribution in [0, 0.1) is 5.92 Å². The molecule has 1 aromatic carbocycles. The minimum Gasteiger partial charge on any atom is -0.484 e. The molecule has 1 amide bonds. The van der Waals surface area contributed by atoms with E-state index < -0.39 is 0 Å². The highest BCUT2D eigenvalue weighted by Crippen LogP contribution is 2.24. The summed E-state index contributed by atoms with van der Waals surface area (Å²) in [5, 5.41) is 0.971. The van der Waals surface area contributed by atoms with Gasteiger partial charge in [-0.25, -0.2) is 0 Å². The van der Waals surface area contributed by atoms with E-state index >= 15 is 0 Å². The SMILES string of the molecule is NC[C@H]1CCN(C(=O)COc2cc(Cl)cc(Cl)c2)C1. The van der Waals surface area contributed by atoms with Crippen molar-refractivity contribution in [3.63, 3.8) is 0 Å². The van der Waals surface area contributed by atoms with Crippen molar-refractivity contribution in [2.24, 2.45) is 11.7 Å². The molecule has 0 bridgehead atoms. The first kappa shape index (κ1) is 14.4. The first-order valence-corrected chi connectivity index (χ1v) is 6.91. The van der Waals surface area contributed by atoms with Gasteiger partial charge in [0.1, 0.15) is 5.75 Å². The third-order valence-corrected chi connectivity index (χ3v) is 3.61. The highest BCUT2D eigenvalue weighted by Gasteiger charge is 2.25. The number of nitrogens with two attached hydrogens (primary N) is 1. The Labute approximate surface area is 122 Å². The summed E-state index contributed by atoms with van der Waals surface area (Å²) < 4.78 is 5.42. The van der Waals surface area contributed by atoms with Gasteiger partial charge in [-0.15, -0.1) is 0 Å². The molecule has 2 N–H and O–H groups in total. The van der Waals surface area contributed by atoms with Crippen LogP contribution < -0.4 is 10.5 Å². The van der Waals surface area contributed by atoms with Crippen molar-refractivity contribution in [3.8, 4) is 5.75 Å². The second kappa shape index (κ2) is 6.46. The molecule has 0 radical (unpaired) electrons. The highest BCUT2D eigenvalue weighted by molar-refractivity contribution is 6.34. The van der Waals surface area contributed by atoms with Crippen LogP contribution in [-0.4, -0.2) is 37.0 Å². The minimum atomic E-state index is -0.0351. The Hall–Kier alpha value is -0.970. The van der Waals surface area contributed by atoms with Crippen LogP contribution >= 0.6 is 23.2 Å². The van der Waals surface area contributed by atoms with E-state index in [0.717, 1.165) is 19.5 Å². The van der Waals surface area contributed by atoms with Crippen molar-refractivity contribution in [3.05, 3.63) is 28.2 Å². The molecule has 1 saturated heterocycles. The van der Waals surface area contributed by atoms with Gasteiger partial charge in [0.25, 0.3) is 5.91 Å². The molecule has 19 heavy (non-hydrogen) atoms. The molecule has 1 atom stereocenters. The van der Waals surface area contributed by atoms with Gasteiger partial charge in [-0.05, 0) is 37.1 Å². The number of carbonyl (C=O) groups excluding carboxylic acids is 1. The third-order valence-electron chi connectivity index (χ3n) is 3.17. The Balaban J connectivity index is 1.86. The van der Waals surface area contributed by atoms with E-state index in [1.54, 1.807) is 23.1 Å². The molecular weight excluding hydrogens is 287 g/mol. The van der Waals surface area contributed by atoms with Crippen molar-refractivity contribution in [2.45, 2.75) is 6.42 Å². The zero-order valence-corrected chi connectivity index (χ0v) is 12.0. The van der Waals surface area contributed by atoms with Crippen LogP contribution in [0.15, 0.2) is 18.2 Å². The van der Waals surface area contributed by atoms with E-state index in [9.17, 15) is 4.79 Å². The second-order valence-corrected chi connectivity index (χ2v) is 5.50. The zero-order valence-electron chi connectivity index (χ0n) is 10.4. The van der Waals surface area contributed by atoms with Gasteiger partial charge < -0.3 is 15.4 Å². The first-order chi connectivity index (χ1) is 9.08. The largest absolute Gasteiger partial charge is 0.484 e. The number of hydrogen-bond acceptors (Lipinski definition) is 3. The second-order valence-electron chi connectivity index (χ2n) is 4.62. The normalized spacial score (nSPS) is 18.7. The number of ether oxygens (including phenoxy) is 1. The smallest absolute Gasteiger partial charge is 0.260 e. The zero-order chi connectivity index (χ0) is 13.8. The standard InChI is InChI=1S/C13H16Cl2N2O2/c14-10-3-11(15)5-12(4-10)19-8-13(18)17-2-1-9(6-16)7-17/h3-5,9H,1-2,6-8,16H2/t9-/m1/s1. The molecule has 0 unspecified atom stereocenters. The van der Waals surface area contributed by atoms with Crippen molar-refractivity contribution < 1.29 is 9.53 Å². The summed E-state index contributed by atoms with van der Waals surface area (Å²) in [7, 11) is 0. The Morgan fingerprint density at radius 3 is 2.63 bits per heavy atom. The van der Waals surface area contributed by atoms with Crippen molar-refractivity contribution in [2.75, 3.05) is 26.2 Å². The molecule has 1 aliphatic rings. The Bertz CT molecular complexity index is 448. The highest BCUT2D eigenvalue weighted by atomic mass is 35.5. The number of carbonyl (C=O) groups is 1. The Kier molecular flexibility index (Phi) is 4.91. The fourth-order valence-electron chi connectivity index (χ4n) is 2.10. The van der Waals surface area contributed by atoms with Crippen molar-refractivity contribution in [1.29, 1.82) is 0 Å². The molecule has 1 aliphatic heterocycles. The lowest BCUT2D eigenvalue weighted by Crippen LogP contribution is -2.33. The van der Waals surface area contributed by atoms with Gasteiger partial charge in [-0.3, -0.25) is 4.79 Å². The Morgan fingerprint density at radius 1 is 1.37 bits per heavy atom. The number of amides is 1. The summed E-state index contributed by atoms with van der Waals surface area (Å²) >= 11 is 11.7. The lowest BCUT2D eigenvalue weighted by Gasteiger charge is -2.16. The molecule has 1 fully saturated rings. The van der Waals surface area contributed by atoms with Gasteiger partial charge >= 0.3 is 0 Å². The topological polar surface area (TPSA) is 55.6 Å². The Morgan fingerprint density at radius 2 is 2.05 bits per heavy atom. The van der Waals surface area contributed by atoms with Gasteiger partial charge in [0.15, 0.2) is 6.61 Å². The first-order valence-electron chi connectivity index (χ1n) is 6.15. The summed E-state index contributed by atoms with van der Waals surface area (Å²) in [6, 6.07) is 4.88. The fourth-order valence-corrected chi connectivity index (χ4v) is 2.61. The fraction of sp³-hybridized carbons (Fsp3) is 0.462. The van der Waals surface area contributed by atoms with E-state index in [1.807, 2.05) is 0 Å². The van der Waals surface area contributed by atoms with Gasteiger partial charge in [-0.1, -0.05) is 23.2 Å². The number of hydrogen-bond donors (Lipinski definition) is 1. The summed E-state index contributed by atoms with van der Waals surface area (Å²) in [6.45, 7) is 2.08. The summed E-state index contributed by atoms with van der Waals surface area (Å²) in [5.41, 5.74) is 5.60. The minimum absolute atomic E-state index is 0.00599. The molecule has 1 heterocycles. The summed E-state index contributed by atoms with van der Waals surface area (Å²) in [5.74, 6) is 0.872. The van der Waals surface area contributed by atoms with Crippen LogP contribution in [0.1, 0.15) is 6.42 Å². The lowest BCUT2D eigenvalue weighted by atomic mass is 10.1. The lowest BCUT2D eigenvalue weighted by molar-refractivity contribution is -0.132. The average molecular weight is 303 g/mol. The maximum Gasteiger partial charge on any atom is 0.260 e. The number of halogens is 2. The van der Waals surface area contributed by atoms with Crippen LogP contribution in [0.5, 0.6) is 5.75 Å². The molecule has 6 heteroatoms. The monoisotopic (exact) mass is 302 g/mol. The molecule has 4 nitrogen and oxygen atoms in total. The predicted molar refractivity (Wildman–Crippen MR) is 75.7 cm³/mol. The van der Waals surface area contributed by atoms with E-state index in [4.69, 9.17) is 33.7 Å². The number of likely N-dealkylation sites (tertiary alicyclic amines) is 1.